The van der Waals surface area contributed by atoms with Crippen molar-refractivity contribution in [2.24, 2.45) is 23.2 Å². The van der Waals surface area contributed by atoms with Crippen molar-refractivity contribution in [1.29, 1.82) is 0 Å². The summed E-state index contributed by atoms with van der Waals surface area (Å²) in [4.78, 5) is 0. The Balaban J connectivity index is 1.88. The molecule has 1 saturated carbocycles. The third-order valence-corrected chi connectivity index (χ3v) is 8.38. The molecule has 2 rings (SSSR count). The quantitative estimate of drug-likeness (QED) is 0.137. The molecule has 0 aromatic carbocycles. The van der Waals surface area contributed by atoms with Crippen molar-refractivity contribution in [2.45, 2.75) is 122 Å². The smallest absolute Gasteiger partial charge is 0.0431 e. The van der Waals surface area contributed by atoms with Gasteiger partial charge in [0.25, 0.3) is 0 Å². The van der Waals surface area contributed by atoms with Gasteiger partial charge in [-0.1, -0.05) is 89.2 Å². The van der Waals surface area contributed by atoms with Gasteiger partial charge >= 0.3 is 0 Å². The van der Waals surface area contributed by atoms with Gasteiger partial charge in [0.05, 0.1) is 0 Å². The molecule has 0 saturated heterocycles. The van der Waals surface area contributed by atoms with Crippen LogP contribution in [0.3, 0.4) is 0 Å². The summed E-state index contributed by atoms with van der Waals surface area (Å²) in [5.41, 5.74) is 0.540. The number of allylic oxidation sites excluding steroid dienone is 2. The van der Waals surface area contributed by atoms with Crippen molar-refractivity contribution in [3.05, 3.63) is 12.2 Å². The topological polar surface area (TPSA) is 60.7 Å². The second kappa shape index (κ2) is 16.3. The van der Waals surface area contributed by atoms with Gasteiger partial charge in [-0.3, -0.25) is 0 Å². The van der Waals surface area contributed by atoms with Gasteiger partial charge in [-0.2, -0.15) is 0 Å². The molecule has 3 unspecified atom stereocenters. The van der Waals surface area contributed by atoms with Crippen LogP contribution < -0.4 is 0 Å². The van der Waals surface area contributed by atoms with Gasteiger partial charge < -0.3 is 15.3 Å². The van der Waals surface area contributed by atoms with Crippen LogP contribution in [0.25, 0.3) is 0 Å². The molecular weight excluding hydrogens is 384 g/mol. The van der Waals surface area contributed by atoms with E-state index in [-0.39, 0.29) is 0 Å². The number of unbranched alkanes of at least 4 members (excludes halogenated alkanes) is 12. The molecule has 0 aromatic rings. The molecule has 3 heteroatoms. The van der Waals surface area contributed by atoms with Gasteiger partial charge in [0.1, 0.15) is 0 Å². The first-order valence-electron chi connectivity index (χ1n) is 13.8. The van der Waals surface area contributed by atoms with E-state index in [0.717, 1.165) is 37.0 Å². The Hall–Kier alpha value is -0.380. The molecule has 0 amide bonds. The number of rotatable bonds is 21. The molecule has 31 heavy (non-hydrogen) atoms. The third kappa shape index (κ3) is 8.82. The fraction of sp³-hybridized carbons (Fsp3) is 0.929. The summed E-state index contributed by atoms with van der Waals surface area (Å²) in [7, 11) is 0. The highest BCUT2D eigenvalue weighted by atomic mass is 16.3. The van der Waals surface area contributed by atoms with Gasteiger partial charge in [-0.15, -0.1) is 0 Å². The van der Waals surface area contributed by atoms with Crippen LogP contribution in [0.5, 0.6) is 0 Å². The Morgan fingerprint density at radius 2 is 1.00 bits per heavy atom. The Morgan fingerprint density at radius 3 is 1.52 bits per heavy atom. The molecule has 2 aliphatic carbocycles. The average molecular weight is 437 g/mol. The maximum Gasteiger partial charge on any atom is 0.0431 e. The number of aliphatic hydroxyl groups is 3. The van der Waals surface area contributed by atoms with Crippen molar-refractivity contribution < 1.29 is 15.3 Å². The highest BCUT2D eigenvalue weighted by Gasteiger charge is 2.53. The third-order valence-electron chi connectivity index (χ3n) is 8.38. The standard InChI is InChI=1S/C28H52O3/c29-21-13-7-1-4-10-16-27-25-17-18-26(24-25)28(27,19-11-5-2-8-14-22-30)20-12-6-3-9-15-23-31/h17-18,25-27,29-31H,1-16,19-24H2. The van der Waals surface area contributed by atoms with Crippen LogP contribution >= 0.6 is 0 Å². The van der Waals surface area contributed by atoms with Crippen molar-refractivity contribution in [2.75, 3.05) is 19.8 Å². The zero-order chi connectivity index (χ0) is 22.2. The fourth-order valence-electron chi connectivity index (χ4n) is 6.72. The largest absolute Gasteiger partial charge is 0.396 e. The Bertz CT molecular complexity index is 445. The van der Waals surface area contributed by atoms with E-state index in [2.05, 4.69) is 12.2 Å². The summed E-state index contributed by atoms with van der Waals surface area (Å²) in [5, 5.41) is 27.1. The number of hydrogen-bond donors (Lipinski definition) is 3. The lowest BCUT2D eigenvalue weighted by Gasteiger charge is -2.43. The molecule has 2 aliphatic rings. The van der Waals surface area contributed by atoms with E-state index in [9.17, 15) is 0 Å². The zero-order valence-electron chi connectivity index (χ0n) is 20.3. The minimum atomic E-state index is 0.342. The zero-order valence-corrected chi connectivity index (χ0v) is 20.3. The summed E-state index contributed by atoms with van der Waals surface area (Å²) < 4.78 is 0. The van der Waals surface area contributed by atoms with E-state index in [0.29, 0.717) is 25.2 Å². The number of hydrogen-bond acceptors (Lipinski definition) is 3. The van der Waals surface area contributed by atoms with Crippen molar-refractivity contribution >= 4 is 0 Å². The fourth-order valence-corrected chi connectivity index (χ4v) is 6.72. The number of fused-ring (bicyclic) bond motifs is 2. The molecule has 0 spiro atoms. The average Bonchev–Trinajstić information content (AvgIpc) is 3.37. The van der Waals surface area contributed by atoms with Crippen molar-refractivity contribution in [3.63, 3.8) is 0 Å². The molecule has 3 N–H and O–H groups in total. The molecule has 0 heterocycles. The summed E-state index contributed by atoms with van der Waals surface area (Å²) in [6.07, 6.45) is 29.1. The van der Waals surface area contributed by atoms with E-state index < -0.39 is 0 Å². The Morgan fingerprint density at radius 1 is 0.548 bits per heavy atom. The van der Waals surface area contributed by atoms with Crippen molar-refractivity contribution in [3.8, 4) is 0 Å². The predicted octanol–water partition coefficient (Wildman–Crippen LogP) is 6.79. The minimum Gasteiger partial charge on any atom is -0.396 e. The second-order valence-corrected chi connectivity index (χ2v) is 10.5. The van der Waals surface area contributed by atoms with Crippen LogP contribution in [0.2, 0.25) is 0 Å². The first-order valence-corrected chi connectivity index (χ1v) is 13.8. The number of aliphatic hydroxyl groups excluding tert-OH is 3. The first-order chi connectivity index (χ1) is 15.3. The molecule has 182 valence electrons. The van der Waals surface area contributed by atoms with E-state index >= 15 is 0 Å². The highest BCUT2D eigenvalue weighted by Crippen LogP contribution is 2.62. The van der Waals surface area contributed by atoms with Crippen LogP contribution in [-0.4, -0.2) is 35.1 Å². The van der Waals surface area contributed by atoms with E-state index in [4.69, 9.17) is 15.3 Å². The van der Waals surface area contributed by atoms with Gasteiger partial charge in [0.2, 0.25) is 0 Å². The molecule has 3 atom stereocenters. The monoisotopic (exact) mass is 436 g/mol. The SMILES string of the molecule is OCCCCCCCC1C2C=CC(C2)C1(CCCCCCCO)CCCCCCCO. The van der Waals surface area contributed by atoms with Crippen LogP contribution in [0.4, 0.5) is 0 Å². The van der Waals surface area contributed by atoms with Crippen LogP contribution in [0, 0.1) is 23.2 Å². The van der Waals surface area contributed by atoms with Crippen molar-refractivity contribution in [1.82, 2.24) is 0 Å². The molecule has 2 bridgehead atoms. The van der Waals surface area contributed by atoms with Crippen LogP contribution in [-0.2, 0) is 0 Å². The Labute approximate surface area is 192 Å². The molecular formula is C28H52O3. The minimum absolute atomic E-state index is 0.342. The lowest BCUT2D eigenvalue weighted by atomic mass is 9.61. The predicted molar refractivity (Wildman–Crippen MR) is 131 cm³/mol. The molecule has 0 aromatic heterocycles. The summed E-state index contributed by atoms with van der Waals surface area (Å²) in [6.45, 7) is 1.03. The molecule has 1 fully saturated rings. The van der Waals surface area contributed by atoms with Gasteiger partial charge in [-0.05, 0) is 68.1 Å². The molecule has 0 radical (unpaired) electrons. The lowest BCUT2D eigenvalue weighted by Crippen LogP contribution is -2.35. The maximum atomic E-state index is 9.03. The summed E-state index contributed by atoms with van der Waals surface area (Å²) in [5.74, 6) is 2.52. The highest BCUT2D eigenvalue weighted by molar-refractivity contribution is 5.19. The van der Waals surface area contributed by atoms with Gasteiger partial charge in [0, 0.05) is 19.8 Å². The van der Waals surface area contributed by atoms with Crippen LogP contribution in [0.1, 0.15) is 122 Å². The molecule has 0 aliphatic heterocycles. The van der Waals surface area contributed by atoms with Gasteiger partial charge in [-0.25, -0.2) is 0 Å². The summed E-state index contributed by atoms with van der Waals surface area (Å²) >= 11 is 0. The maximum absolute atomic E-state index is 9.03. The van der Waals surface area contributed by atoms with E-state index in [1.165, 1.54) is 103 Å². The van der Waals surface area contributed by atoms with Crippen LogP contribution in [0.15, 0.2) is 12.2 Å². The molecule has 3 nitrogen and oxygen atoms in total. The Kier molecular flexibility index (Phi) is 14.1. The second-order valence-electron chi connectivity index (χ2n) is 10.5. The van der Waals surface area contributed by atoms with Gasteiger partial charge in [0.15, 0.2) is 0 Å². The first kappa shape index (κ1) is 26.9. The lowest BCUT2D eigenvalue weighted by molar-refractivity contribution is 0.0909. The summed E-state index contributed by atoms with van der Waals surface area (Å²) in [6, 6.07) is 0. The van der Waals surface area contributed by atoms with E-state index in [1.807, 2.05) is 0 Å². The van der Waals surface area contributed by atoms with E-state index in [1.54, 1.807) is 0 Å². The normalized spacial score (nSPS) is 23.8.